The Morgan fingerprint density at radius 2 is 2.00 bits per heavy atom. The minimum absolute atomic E-state index is 0.416. The van der Waals surface area contributed by atoms with Crippen molar-refractivity contribution in [1.82, 2.24) is 9.97 Å². The lowest BCUT2D eigenvalue weighted by Gasteiger charge is -2.28. The van der Waals surface area contributed by atoms with Crippen LogP contribution in [0.5, 0.6) is 0 Å². The monoisotopic (exact) mass is 280 g/mol. The molecule has 0 saturated carbocycles. The minimum atomic E-state index is 0.416. The quantitative estimate of drug-likeness (QED) is 0.753. The van der Waals surface area contributed by atoms with Crippen molar-refractivity contribution in [3.63, 3.8) is 0 Å². The van der Waals surface area contributed by atoms with Gasteiger partial charge in [0.15, 0.2) is 5.82 Å². The Bertz CT molecular complexity index is 395. The van der Waals surface area contributed by atoms with Crippen LogP contribution in [0, 0.1) is 0 Å². The van der Waals surface area contributed by atoms with Crippen molar-refractivity contribution in [1.29, 1.82) is 0 Å². The van der Waals surface area contributed by atoms with E-state index in [0.717, 1.165) is 43.4 Å². The van der Waals surface area contributed by atoms with E-state index >= 15 is 0 Å². The third-order valence-electron chi connectivity index (χ3n) is 2.97. The summed E-state index contributed by atoms with van der Waals surface area (Å²) in [5, 5.41) is 3.34. The summed E-state index contributed by atoms with van der Waals surface area (Å²) in [5.74, 6) is 2.58. The number of anilines is 2. The molecule has 20 heavy (non-hydrogen) atoms. The summed E-state index contributed by atoms with van der Waals surface area (Å²) < 4.78 is 5.17. The van der Waals surface area contributed by atoms with Crippen molar-refractivity contribution in [2.24, 2.45) is 0 Å². The average molecular weight is 280 g/mol. The molecule has 0 spiro atoms. The van der Waals surface area contributed by atoms with Crippen molar-refractivity contribution in [2.45, 2.75) is 53.2 Å². The zero-order chi connectivity index (χ0) is 15.0. The van der Waals surface area contributed by atoms with E-state index in [1.54, 1.807) is 7.11 Å². The normalized spacial score (nSPS) is 10.9. The highest BCUT2D eigenvalue weighted by Gasteiger charge is 2.14. The van der Waals surface area contributed by atoms with Gasteiger partial charge in [0.25, 0.3) is 0 Å². The lowest BCUT2D eigenvalue weighted by atomic mass is 10.3. The molecule has 1 aromatic rings. The van der Waals surface area contributed by atoms with Crippen LogP contribution in [0.1, 0.15) is 46.4 Å². The fourth-order valence-electron chi connectivity index (χ4n) is 2.05. The van der Waals surface area contributed by atoms with Gasteiger partial charge in [-0.15, -0.1) is 0 Å². The molecule has 1 aromatic heterocycles. The van der Waals surface area contributed by atoms with Crippen LogP contribution in [-0.2, 0) is 11.3 Å². The zero-order valence-corrected chi connectivity index (χ0v) is 13.4. The number of aromatic nitrogens is 2. The molecule has 0 aliphatic heterocycles. The predicted octanol–water partition coefficient (Wildman–Crippen LogP) is 3.07. The third-order valence-corrected chi connectivity index (χ3v) is 2.97. The van der Waals surface area contributed by atoms with Gasteiger partial charge < -0.3 is 15.0 Å². The van der Waals surface area contributed by atoms with Crippen molar-refractivity contribution >= 4 is 11.6 Å². The molecule has 0 saturated heterocycles. The predicted molar refractivity (Wildman–Crippen MR) is 84.3 cm³/mol. The summed E-state index contributed by atoms with van der Waals surface area (Å²) in [7, 11) is 1.67. The molecule has 0 fully saturated rings. The lowest BCUT2D eigenvalue weighted by molar-refractivity contribution is 0.178. The molecule has 1 heterocycles. The number of hydrogen-bond acceptors (Lipinski definition) is 5. The van der Waals surface area contributed by atoms with Crippen LogP contribution in [0.25, 0.3) is 0 Å². The Labute approximate surface area is 122 Å². The maximum absolute atomic E-state index is 5.17. The first-order valence-corrected chi connectivity index (χ1v) is 7.49. The van der Waals surface area contributed by atoms with E-state index in [1.807, 2.05) is 6.07 Å². The van der Waals surface area contributed by atoms with Gasteiger partial charge in [-0.05, 0) is 26.7 Å². The van der Waals surface area contributed by atoms with Crippen LogP contribution >= 0.6 is 0 Å². The van der Waals surface area contributed by atoms with E-state index in [0.29, 0.717) is 12.6 Å². The fourth-order valence-corrected chi connectivity index (χ4v) is 2.05. The van der Waals surface area contributed by atoms with E-state index in [2.05, 4.69) is 47.9 Å². The average Bonchev–Trinajstić information content (AvgIpc) is 2.42. The highest BCUT2D eigenvalue weighted by atomic mass is 16.5. The molecule has 0 unspecified atom stereocenters. The number of rotatable bonds is 9. The second kappa shape index (κ2) is 8.74. The second-order valence-electron chi connectivity index (χ2n) is 5.17. The summed E-state index contributed by atoms with van der Waals surface area (Å²) >= 11 is 0. The summed E-state index contributed by atoms with van der Waals surface area (Å²) in [6.07, 6.45) is 2.17. The standard InChI is InChI=1S/C15H28N4O/c1-6-8-16-13-10-15(18-14(17-13)11-20-5)19(9-7-2)12(3)4/h10,12H,6-9,11H2,1-5H3,(H,16,17,18). The number of nitrogens with zero attached hydrogens (tertiary/aromatic N) is 3. The topological polar surface area (TPSA) is 50.3 Å². The third kappa shape index (κ3) is 4.96. The largest absolute Gasteiger partial charge is 0.377 e. The molecule has 0 radical (unpaired) electrons. The van der Waals surface area contributed by atoms with Crippen molar-refractivity contribution in [3.05, 3.63) is 11.9 Å². The number of ether oxygens (including phenoxy) is 1. The first kappa shape index (κ1) is 16.7. The Balaban J connectivity index is 3.04. The van der Waals surface area contributed by atoms with Crippen molar-refractivity contribution < 1.29 is 4.74 Å². The van der Waals surface area contributed by atoms with Crippen LogP contribution in [0.2, 0.25) is 0 Å². The number of hydrogen-bond donors (Lipinski definition) is 1. The highest BCUT2D eigenvalue weighted by Crippen LogP contribution is 2.19. The van der Waals surface area contributed by atoms with Gasteiger partial charge >= 0.3 is 0 Å². The Hall–Kier alpha value is -1.36. The maximum atomic E-state index is 5.17. The van der Waals surface area contributed by atoms with Crippen LogP contribution in [0.3, 0.4) is 0 Å². The molecule has 1 N–H and O–H groups in total. The van der Waals surface area contributed by atoms with E-state index in [-0.39, 0.29) is 0 Å². The molecular weight excluding hydrogens is 252 g/mol. The van der Waals surface area contributed by atoms with E-state index in [4.69, 9.17) is 4.74 Å². The maximum Gasteiger partial charge on any atom is 0.158 e. The van der Waals surface area contributed by atoms with Crippen LogP contribution in [0.4, 0.5) is 11.6 Å². The Morgan fingerprint density at radius 1 is 1.25 bits per heavy atom. The Kier molecular flexibility index (Phi) is 7.30. The molecular formula is C15H28N4O. The van der Waals surface area contributed by atoms with Gasteiger partial charge in [0.1, 0.15) is 18.2 Å². The Morgan fingerprint density at radius 3 is 2.55 bits per heavy atom. The van der Waals surface area contributed by atoms with Crippen molar-refractivity contribution in [3.8, 4) is 0 Å². The molecule has 0 atom stereocenters. The molecule has 114 valence electrons. The molecule has 1 rings (SSSR count). The van der Waals surface area contributed by atoms with Gasteiger partial charge in [-0.25, -0.2) is 9.97 Å². The summed E-state index contributed by atoms with van der Waals surface area (Å²) in [4.78, 5) is 11.4. The van der Waals surface area contributed by atoms with Gasteiger partial charge in [-0.3, -0.25) is 0 Å². The zero-order valence-electron chi connectivity index (χ0n) is 13.4. The number of nitrogens with one attached hydrogen (secondary N) is 1. The number of methoxy groups -OCH3 is 1. The van der Waals surface area contributed by atoms with Crippen LogP contribution in [0.15, 0.2) is 6.07 Å². The fraction of sp³-hybridized carbons (Fsp3) is 0.733. The summed E-state index contributed by atoms with van der Waals surface area (Å²) in [6.45, 7) is 11.0. The van der Waals surface area contributed by atoms with Gasteiger partial charge in [0.05, 0.1) is 0 Å². The molecule has 0 aromatic carbocycles. The van der Waals surface area contributed by atoms with E-state index in [1.165, 1.54) is 0 Å². The van der Waals surface area contributed by atoms with E-state index < -0.39 is 0 Å². The van der Waals surface area contributed by atoms with Crippen molar-refractivity contribution in [2.75, 3.05) is 30.4 Å². The SMILES string of the molecule is CCCNc1cc(N(CCC)C(C)C)nc(COC)n1. The smallest absolute Gasteiger partial charge is 0.158 e. The second-order valence-corrected chi connectivity index (χ2v) is 5.17. The lowest BCUT2D eigenvalue weighted by Crippen LogP contribution is -2.32. The van der Waals surface area contributed by atoms with Gasteiger partial charge in [0, 0.05) is 32.3 Å². The van der Waals surface area contributed by atoms with E-state index in [9.17, 15) is 0 Å². The highest BCUT2D eigenvalue weighted by molar-refractivity contribution is 5.50. The minimum Gasteiger partial charge on any atom is -0.377 e. The van der Waals surface area contributed by atoms with Gasteiger partial charge in [-0.1, -0.05) is 13.8 Å². The molecule has 0 amide bonds. The molecule has 0 aliphatic rings. The molecule has 5 nitrogen and oxygen atoms in total. The molecule has 0 bridgehead atoms. The molecule has 0 aliphatic carbocycles. The summed E-state index contributed by atoms with van der Waals surface area (Å²) in [6, 6.07) is 2.45. The van der Waals surface area contributed by atoms with Gasteiger partial charge in [0.2, 0.25) is 0 Å². The molecule has 5 heteroatoms. The first-order chi connectivity index (χ1) is 9.62. The van der Waals surface area contributed by atoms with Crippen LogP contribution < -0.4 is 10.2 Å². The van der Waals surface area contributed by atoms with Crippen LogP contribution in [-0.4, -0.2) is 36.2 Å². The summed E-state index contributed by atoms with van der Waals surface area (Å²) in [5.41, 5.74) is 0. The van der Waals surface area contributed by atoms with Gasteiger partial charge in [-0.2, -0.15) is 0 Å². The first-order valence-electron chi connectivity index (χ1n) is 7.49.